The number of halogens is 2. The van der Waals surface area contributed by atoms with E-state index >= 15 is 0 Å². The van der Waals surface area contributed by atoms with Crippen LogP contribution in [0.25, 0.3) is 0 Å². The van der Waals surface area contributed by atoms with Crippen LogP contribution in [0, 0.1) is 0 Å². The highest BCUT2D eigenvalue weighted by molar-refractivity contribution is 5.94. The van der Waals surface area contributed by atoms with Crippen LogP contribution in [-0.2, 0) is 9.59 Å². The number of likely N-dealkylation sites (tertiary alicyclic amines) is 1. The molecule has 2 rings (SSSR count). The molecule has 1 heterocycles. The van der Waals surface area contributed by atoms with E-state index in [4.69, 9.17) is 0 Å². The van der Waals surface area contributed by atoms with Gasteiger partial charge in [0.1, 0.15) is 5.75 Å². The lowest BCUT2D eigenvalue weighted by Gasteiger charge is -2.19. The van der Waals surface area contributed by atoms with E-state index < -0.39 is 6.61 Å². The summed E-state index contributed by atoms with van der Waals surface area (Å²) in [5, 5.41) is 2.63. The first-order chi connectivity index (χ1) is 10.5. The smallest absolute Gasteiger partial charge is 0.387 e. The first-order valence-corrected chi connectivity index (χ1v) is 7.17. The van der Waals surface area contributed by atoms with Gasteiger partial charge in [0.2, 0.25) is 11.8 Å². The Morgan fingerprint density at radius 3 is 2.64 bits per heavy atom. The Morgan fingerprint density at radius 2 is 1.95 bits per heavy atom. The SMILES string of the molecule is O=C(CN1CCCCCC1=O)Nc1ccc(OC(F)F)cc1. The van der Waals surface area contributed by atoms with E-state index in [9.17, 15) is 18.4 Å². The van der Waals surface area contributed by atoms with Crippen molar-refractivity contribution in [1.29, 1.82) is 0 Å². The number of ether oxygens (including phenoxy) is 1. The number of amides is 2. The fourth-order valence-electron chi connectivity index (χ4n) is 2.30. The Labute approximate surface area is 127 Å². The van der Waals surface area contributed by atoms with E-state index in [0.29, 0.717) is 18.7 Å². The standard InChI is InChI=1S/C15H18F2N2O3/c16-15(17)22-12-7-5-11(6-8-12)18-13(20)10-19-9-3-1-2-4-14(19)21/h5-8,15H,1-4,9-10H2,(H,18,20). The average molecular weight is 312 g/mol. The summed E-state index contributed by atoms with van der Waals surface area (Å²) < 4.78 is 28.3. The summed E-state index contributed by atoms with van der Waals surface area (Å²) >= 11 is 0. The van der Waals surface area contributed by atoms with Gasteiger partial charge in [-0.2, -0.15) is 8.78 Å². The molecular formula is C15H18F2N2O3. The summed E-state index contributed by atoms with van der Waals surface area (Å²) in [7, 11) is 0. The Kier molecular flexibility index (Phi) is 5.68. The zero-order chi connectivity index (χ0) is 15.9. The van der Waals surface area contributed by atoms with E-state index in [0.717, 1.165) is 19.3 Å². The Hall–Kier alpha value is -2.18. The second kappa shape index (κ2) is 7.72. The quantitative estimate of drug-likeness (QED) is 0.909. The fraction of sp³-hybridized carbons (Fsp3) is 0.467. The summed E-state index contributed by atoms with van der Waals surface area (Å²) in [4.78, 5) is 25.3. The van der Waals surface area contributed by atoms with Crippen LogP contribution < -0.4 is 10.1 Å². The second-order valence-electron chi connectivity index (χ2n) is 5.08. The maximum Gasteiger partial charge on any atom is 0.387 e. The van der Waals surface area contributed by atoms with E-state index in [-0.39, 0.29) is 24.1 Å². The molecule has 0 spiro atoms. The molecule has 0 radical (unpaired) electrons. The number of rotatable bonds is 5. The monoisotopic (exact) mass is 312 g/mol. The lowest BCUT2D eigenvalue weighted by molar-refractivity contribution is -0.134. The lowest BCUT2D eigenvalue weighted by Crippen LogP contribution is -2.37. The van der Waals surface area contributed by atoms with Crippen molar-refractivity contribution in [1.82, 2.24) is 4.90 Å². The highest BCUT2D eigenvalue weighted by Crippen LogP contribution is 2.18. The highest BCUT2D eigenvalue weighted by atomic mass is 19.3. The molecule has 120 valence electrons. The minimum Gasteiger partial charge on any atom is -0.435 e. The van der Waals surface area contributed by atoms with Crippen molar-refractivity contribution in [3.05, 3.63) is 24.3 Å². The molecule has 1 aliphatic heterocycles. The first kappa shape index (κ1) is 16.2. The van der Waals surface area contributed by atoms with Gasteiger partial charge in [-0.15, -0.1) is 0 Å². The van der Waals surface area contributed by atoms with Crippen LogP contribution in [0.1, 0.15) is 25.7 Å². The van der Waals surface area contributed by atoms with Gasteiger partial charge in [0.05, 0.1) is 6.54 Å². The number of nitrogens with one attached hydrogen (secondary N) is 1. The van der Waals surface area contributed by atoms with Crippen molar-refractivity contribution in [2.24, 2.45) is 0 Å². The molecule has 5 nitrogen and oxygen atoms in total. The normalized spacial score (nSPS) is 15.6. The molecule has 0 atom stereocenters. The van der Waals surface area contributed by atoms with Crippen LogP contribution in [-0.4, -0.2) is 36.4 Å². The summed E-state index contributed by atoms with van der Waals surface area (Å²) in [5.74, 6) is -0.290. The maximum absolute atomic E-state index is 12.0. The molecule has 1 saturated heterocycles. The van der Waals surface area contributed by atoms with Crippen molar-refractivity contribution in [3.8, 4) is 5.75 Å². The average Bonchev–Trinajstić information content (AvgIpc) is 2.66. The molecule has 0 aliphatic carbocycles. The predicted octanol–water partition coefficient (Wildman–Crippen LogP) is 2.63. The van der Waals surface area contributed by atoms with Gasteiger partial charge in [-0.3, -0.25) is 9.59 Å². The molecule has 22 heavy (non-hydrogen) atoms. The van der Waals surface area contributed by atoms with Crippen LogP contribution >= 0.6 is 0 Å². The van der Waals surface area contributed by atoms with Crippen molar-refractivity contribution >= 4 is 17.5 Å². The van der Waals surface area contributed by atoms with Crippen LogP contribution in [0.4, 0.5) is 14.5 Å². The zero-order valence-corrected chi connectivity index (χ0v) is 12.1. The summed E-state index contributed by atoms with van der Waals surface area (Å²) in [6.45, 7) is -2.28. The van der Waals surface area contributed by atoms with Crippen molar-refractivity contribution in [2.75, 3.05) is 18.4 Å². The number of hydrogen-bond donors (Lipinski definition) is 1. The van der Waals surface area contributed by atoms with E-state index in [1.165, 1.54) is 24.3 Å². The van der Waals surface area contributed by atoms with E-state index in [1.54, 1.807) is 4.90 Å². The van der Waals surface area contributed by atoms with Gasteiger partial charge in [-0.25, -0.2) is 0 Å². The van der Waals surface area contributed by atoms with Gasteiger partial charge >= 0.3 is 6.61 Å². The van der Waals surface area contributed by atoms with Gasteiger partial charge in [-0.1, -0.05) is 6.42 Å². The summed E-state index contributed by atoms with van der Waals surface area (Å²) in [5.41, 5.74) is 0.467. The molecule has 1 fully saturated rings. The third-order valence-corrected chi connectivity index (χ3v) is 3.37. The van der Waals surface area contributed by atoms with Crippen molar-refractivity contribution < 1.29 is 23.1 Å². The molecule has 1 aliphatic rings. The number of benzene rings is 1. The zero-order valence-electron chi connectivity index (χ0n) is 12.1. The molecule has 0 unspecified atom stereocenters. The molecular weight excluding hydrogens is 294 g/mol. The number of nitrogens with zero attached hydrogens (tertiary/aromatic N) is 1. The lowest BCUT2D eigenvalue weighted by atomic mass is 10.2. The van der Waals surface area contributed by atoms with Crippen molar-refractivity contribution in [3.63, 3.8) is 0 Å². The Balaban J connectivity index is 1.87. The summed E-state index contributed by atoms with van der Waals surface area (Å²) in [6, 6.07) is 5.64. The molecule has 1 aromatic rings. The fourth-order valence-corrected chi connectivity index (χ4v) is 2.30. The van der Waals surface area contributed by atoms with E-state index in [1.807, 2.05) is 0 Å². The molecule has 0 saturated carbocycles. The van der Waals surface area contributed by atoms with Crippen molar-refractivity contribution in [2.45, 2.75) is 32.3 Å². The maximum atomic E-state index is 12.0. The van der Waals surface area contributed by atoms with Crippen LogP contribution in [0.2, 0.25) is 0 Å². The third kappa shape index (κ3) is 4.98. The third-order valence-electron chi connectivity index (χ3n) is 3.37. The largest absolute Gasteiger partial charge is 0.435 e. The van der Waals surface area contributed by atoms with Gasteiger partial charge in [0.25, 0.3) is 0 Å². The van der Waals surface area contributed by atoms with Gasteiger partial charge in [0.15, 0.2) is 0 Å². The number of anilines is 1. The minimum absolute atomic E-state index is 0.00617. The van der Waals surface area contributed by atoms with Crippen LogP contribution in [0.15, 0.2) is 24.3 Å². The summed E-state index contributed by atoms with van der Waals surface area (Å²) in [6.07, 6.45) is 3.24. The van der Waals surface area contributed by atoms with Gasteiger partial charge in [0, 0.05) is 18.7 Å². The molecule has 2 amide bonds. The molecule has 0 aromatic heterocycles. The topological polar surface area (TPSA) is 58.6 Å². The molecule has 0 bridgehead atoms. The molecule has 1 aromatic carbocycles. The van der Waals surface area contributed by atoms with E-state index in [2.05, 4.69) is 10.1 Å². The Bertz CT molecular complexity index is 520. The highest BCUT2D eigenvalue weighted by Gasteiger charge is 2.19. The predicted molar refractivity (Wildman–Crippen MR) is 76.8 cm³/mol. The number of alkyl halides is 2. The van der Waals surface area contributed by atoms with Gasteiger partial charge < -0.3 is 15.0 Å². The second-order valence-corrected chi connectivity index (χ2v) is 5.08. The number of carbonyl (C=O) groups excluding carboxylic acids is 2. The van der Waals surface area contributed by atoms with Crippen LogP contribution in [0.5, 0.6) is 5.75 Å². The van der Waals surface area contributed by atoms with Gasteiger partial charge in [-0.05, 0) is 37.1 Å². The molecule has 7 heteroatoms. The molecule has 1 N–H and O–H groups in total. The Morgan fingerprint density at radius 1 is 1.23 bits per heavy atom. The number of carbonyl (C=O) groups is 2. The minimum atomic E-state index is -2.88. The van der Waals surface area contributed by atoms with Crippen LogP contribution in [0.3, 0.4) is 0 Å². The number of hydrogen-bond acceptors (Lipinski definition) is 3. The first-order valence-electron chi connectivity index (χ1n) is 7.17.